The van der Waals surface area contributed by atoms with Crippen molar-refractivity contribution in [2.24, 2.45) is 7.05 Å². The van der Waals surface area contributed by atoms with Crippen molar-refractivity contribution >= 4 is 11.0 Å². The van der Waals surface area contributed by atoms with Crippen molar-refractivity contribution in [1.82, 2.24) is 19.7 Å². The predicted molar refractivity (Wildman–Crippen MR) is 39.1 cm³/mol. The van der Waals surface area contributed by atoms with Crippen LogP contribution in [0.3, 0.4) is 0 Å². The number of nitrogens with one attached hydrogen (secondary N) is 1. The molecule has 0 bridgehead atoms. The van der Waals surface area contributed by atoms with Gasteiger partial charge in [0.2, 0.25) is 0 Å². The largest absolute Gasteiger partial charge is 0.290 e. The Labute approximate surface area is 61.7 Å². The second-order valence-corrected chi connectivity index (χ2v) is 2.26. The molecule has 0 saturated carbocycles. The Morgan fingerprint density at radius 1 is 1.64 bits per heavy atom. The van der Waals surface area contributed by atoms with E-state index >= 15 is 0 Å². The molecule has 56 valence electrons. The summed E-state index contributed by atoms with van der Waals surface area (Å²) in [5.41, 5.74) is 0.977. The number of aromatic amines is 1. The van der Waals surface area contributed by atoms with Crippen LogP contribution in [0.15, 0.2) is 17.3 Å². The summed E-state index contributed by atoms with van der Waals surface area (Å²) in [7, 11) is 1.74. The van der Waals surface area contributed by atoms with Crippen LogP contribution >= 0.6 is 0 Å². The van der Waals surface area contributed by atoms with Crippen molar-refractivity contribution in [2.45, 2.75) is 0 Å². The monoisotopic (exact) mass is 150 g/mol. The molecule has 2 aromatic heterocycles. The third-order valence-electron chi connectivity index (χ3n) is 1.54. The van der Waals surface area contributed by atoms with Gasteiger partial charge in [-0.2, -0.15) is 0 Å². The molecule has 5 nitrogen and oxygen atoms in total. The Morgan fingerprint density at radius 2 is 2.45 bits per heavy atom. The molecule has 0 fully saturated rings. The third-order valence-corrected chi connectivity index (χ3v) is 1.54. The average Bonchev–Trinajstić information content (AvgIpc) is 2.30. The lowest BCUT2D eigenvalue weighted by Gasteiger charge is -1.89. The molecule has 0 spiro atoms. The van der Waals surface area contributed by atoms with Crippen molar-refractivity contribution in [3.8, 4) is 0 Å². The molecule has 0 radical (unpaired) electrons. The lowest BCUT2D eigenvalue weighted by Crippen LogP contribution is -2.01. The highest BCUT2D eigenvalue weighted by molar-refractivity contribution is 5.71. The minimum absolute atomic E-state index is 0.176. The first-order valence-corrected chi connectivity index (χ1v) is 3.14. The number of rotatable bonds is 0. The van der Waals surface area contributed by atoms with Crippen LogP contribution in [0.25, 0.3) is 11.0 Å². The molecular formula is C6H6N4O. The highest BCUT2D eigenvalue weighted by Gasteiger charge is 2.02. The van der Waals surface area contributed by atoms with Gasteiger partial charge in [-0.15, -0.1) is 0 Å². The van der Waals surface area contributed by atoms with Gasteiger partial charge in [-0.05, 0) is 0 Å². The highest BCUT2D eigenvalue weighted by Crippen LogP contribution is 1.99. The number of aryl methyl sites for hydroxylation is 1. The maximum atomic E-state index is 11.0. The molecule has 0 saturated heterocycles. The fourth-order valence-electron chi connectivity index (χ4n) is 1.01. The van der Waals surface area contributed by atoms with E-state index in [9.17, 15) is 4.79 Å². The topological polar surface area (TPSA) is 63.6 Å². The first-order chi connectivity index (χ1) is 5.29. The first kappa shape index (κ1) is 6.09. The molecule has 1 N–H and O–H groups in total. The maximum Gasteiger partial charge on any atom is 0.290 e. The second-order valence-electron chi connectivity index (χ2n) is 2.26. The highest BCUT2D eigenvalue weighted by atomic mass is 16.1. The summed E-state index contributed by atoms with van der Waals surface area (Å²) in [6.07, 6.45) is 2.96. The Balaban J connectivity index is 3.07. The van der Waals surface area contributed by atoms with E-state index in [1.165, 1.54) is 6.33 Å². The van der Waals surface area contributed by atoms with Gasteiger partial charge in [-0.25, -0.2) is 9.97 Å². The molecule has 0 aromatic carbocycles. The van der Waals surface area contributed by atoms with E-state index in [-0.39, 0.29) is 5.56 Å². The summed E-state index contributed by atoms with van der Waals surface area (Å²) >= 11 is 0. The second kappa shape index (κ2) is 1.91. The molecular weight excluding hydrogens is 144 g/mol. The van der Waals surface area contributed by atoms with Gasteiger partial charge in [0.25, 0.3) is 5.56 Å². The van der Waals surface area contributed by atoms with Crippen molar-refractivity contribution in [1.29, 1.82) is 0 Å². The van der Waals surface area contributed by atoms with Crippen LogP contribution in [-0.4, -0.2) is 19.7 Å². The Hall–Kier alpha value is -1.65. The van der Waals surface area contributed by atoms with Crippen LogP contribution in [0.1, 0.15) is 0 Å². The number of nitrogens with zero attached hydrogens (tertiary/aromatic N) is 3. The van der Waals surface area contributed by atoms with E-state index in [4.69, 9.17) is 0 Å². The van der Waals surface area contributed by atoms with Crippen LogP contribution in [0.4, 0.5) is 0 Å². The summed E-state index contributed by atoms with van der Waals surface area (Å²) in [5.74, 6) is 0. The van der Waals surface area contributed by atoms with Gasteiger partial charge in [-0.1, -0.05) is 0 Å². The summed E-state index contributed by atoms with van der Waals surface area (Å²) in [6.45, 7) is 0. The summed E-state index contributed by atoms with van der Waals surface area (Å²) < 4.78 is 1.59. The van der Waals surface area contributed by atoms with E-state index in [1.807, 2.05) is 0 Å². The number of fused-ring (bicyclic) bond motifs is 1. The van der Waals surface area contributed by atoms with Gasteiger partial charge in [-0.3, -0.25) is 14.6 Å². The van der Waals surface area contributed by atoms with Gasteiger partial charge in [0.15, 0.2) is 5.52 Å². The lowest BCUT2D eigenvalue weighted by atomic mass is 10.5. The zero-order valence-electron chi connectivity index (χ0n) is 5.90. The maximum absolute atomic E-state index is 11.0. The Bertz CT molecular complexity index is 441. The van der Waals surface area contributed by atoms with Crippen LogP contribution in [-0.2, 0) is 7.05 Å². The van der Waals surface area contributed by atoms with Gasteiger partial charge in [0.05, 0.1) is 6.20 Å². The van der Waals surface area contributed by atoms with Crippen LogP contribution in [0.2, 0.25) is 0 Å². The minimum Gasteiger partial charge on any atom is -0.284 e. The van der Waals surface area contributed by atoms with Crippen LogP contribution < -0.4 is 5.56 Å². The molecule has 2 rings (SSSR count). The van der Waals surface area contributed by atoms with Crippen molar-refractivity contribution in [3.05, 3.63) is 22.9 Å². The molecule has 0 atom stereocenters. The summed E-state index contributed by atoms with van der Waals surface area (Å²) in [4.78, 5) is 18.7. The van der Waals surface area contributed by atoms with E-state index in [2.05, 4.69) is 15.1 Å². The predicted octanol–water partition coefficient (Wildman–Crippen LogP) is -0.343. The molecule has 0 aliphatic heterocycles. The van der Waals surface area contributed by atoms with E-state index in [0.717, 1.165) is 5.52 Å². The first-order valence-electron chi connectivity index (χ1n) is 3.14. The van der Waals surface area contributed by atoms with Gasteiger partial charge < -0.3 is 0 Å². The molecule has 11 heavy (non-hydrogen) atoms. The lowest BCUT2D eigenvalue weighted by molar-refractivity contribution is 0.782. The SMILES string of the molecule is Cn1[nH]c(=O)c2ncncc21. The van der Waals surface area contributed by atoms with E-state index in [1.54, 1.807) is 17.9 Å². The average molecular weight is 150 g/mol. The zero-order chi connectivity index (χ0) is 7.84. The Kier molecular flexibility index (Phi) is 1.06. The molecule has 0 amide bonds. The van der Waals surface area contributed by atoms with E-state index in [0.29, 0.717) is 5.52 Å². The summed E-state index contributed by atoms with van der Waals surface area (Å²) in [5, 5.41) is 2.57. The van der Waals surface area contributed by atoms with Crippen molar-refractivity contribution in [2.75, 3.05) is 0 Å². The van der Waals surface area contributed by atoms with Crippen LogP contribution in [0.5, 0.6) is 0 Å². The fourth-order valence-corrected chi connectivity index (χ4v) is 1.01. The number of hydrogen-bond acceptors (Lipinski definition) is 3. The number of aromatic nitrogens is 4. The quantitative estimate of drug-likeness (QED) is 0.558. The summed E-state index contributed by atoms with van der Waals surface area (Å²) in [6, 6.07) is 0. The smallest absolute Gasteiger partial charge is 0.284 e. The molecule has 0 unspecified atom stereocenters. The van der Waals surface area contributed by atoms with Crippen molar-refractivity contribution < 1.29 is 0 Å². The molecule has 2 aromatic rings. The number of hydrogen-bond donors (Lipinski definition) is 1. The molecule has 5 heteroatoms. The third kappa shape index (κ3) is 0.739. The zero-order valence-corrected chi connectivity index (χ0v) is 5.90. The minimum atomic E-state index is -0.176. The normalized spacial score (nSPS) is 10.6. The van der Waals surface area contributed by atoms with Gasteiger partial charge >= 0.3 is 0 Å². The molecule has 0 aliphatic carbocycles. The fraction of sp³-hybridized carbons (Fsp3) is 0.167. The number of H-pyrrole nitrogens is 1. The van der Waals surface area contributed by atoms with Gasteiger partial charge in [0.1, 0.15) is 11.8 Å². The van der Waals surface area contributed by atoms with Gasteiger partial charge in [0, 0.05) is 7.05 Å². The molecule has 2 heterocycles. The molecule has 0 aliphatic rings. The Morgan fingerprint density at radius 3 is 3.18 bits per heavy atom. The van der Waals surface area contributed by atoms with Crippen LogP contribution in [0, 0.1) is 0 Å². The standard InChI is InChI=1S/C6H6N4O/c1-10-4-2-7-3-8-5(4)6(11)9-10/h2-3H,1H3,(H,9,11). The van der Waals surface area contributed by atoms with E-state index < -0.39 is 0 Å². The van der Waals surface area contributed by atoms with Crippen molar-refractivity contribution in [3.63, 3.8) is 0 Å².